The summed E-state index contributed by atoms with van der Waals surface area (Å²) in [4.78, 5) is 0. The van der Waals surface area contributed by atoms with Crippen molar-refractivity contribution in [3.05, 3.63) is 22.7 Å². The van der Waals surface area contributed by atoms with E-state index in [4.69, 9.17) is 9.47 Å². The van der Waals surface area contributed by atoms with Gasteiger partial charge in [0, 0.05) is 12.3 Å². The molecular formula is C11H15BrO4S. The summed E-state index contributed by atoms with van der Waals surface area (Å²) in [6.07, 6.45) is 1.70. The zero-order valence-corrected chi connectivity index (χ0v) is 12.2. The third-order valence-electron chi connectivity index (χ3n) is 2.05. The van der Waals surface area contributed by atoms with Crippen molar-refractivity contribution in [3.8, 4) is 11.5 Å². The molecule has 0 atom stereocenters. The zero-order chi connectivity index (χ0) is 12.9. The smallest absolute Gasteiger partial charge is 0.147 e. The highest BCUT2D eigenvalue weighted by molar-refractivity contribution is 9.10. The van der Waals surface area contributed by atoms with E-state index in [0.717, 1.165) is 4.47 Å². The minimum absolute atomic E-state index is 0.140. The van der Waals surface area contributed by atoms with Crippen LogP contribution < -0.4 is 9.47 Å². The van der Waals surface area contributed by atoms with Gasteiger partial charge in [-0.15, -0.1) is 0 Å². The summed E-state index contributed by atoms with van der Waals surface area (Å²) in [7, 11) is -1.33. The lowest BCUT2D eigenvalue weighted by Gasteiger charge is -2.08. The fourth-order valence-electron chi connectivity index (χ4n) is 1.24. The first-order valence-electron chi connectivity index (χ1n) is 5.06. The Kier molecular flexibility index (Phi) is 5.27. The van der Waals surface area contributed by atoms with Crippen LogP contribution in [0, 0.1) is 0 Å². The number of benzene rings is 1. The summed E-state index contributed by atoms with van der Waals surface area (Å²) in [6, 6.07) is 5.38. The highest BCUT2D eigenvalue weighted by Crippen LogP contribution is 2.28. The SMILES string of the molecule is COc1cc(OCCCS(C)(=O)=O)ccc1Br. The predicted octanol–water partition coefficient (Wildman–Crippen LogP) is 2.27. The first-order valence-corrected chi connectivity index (χ1v) is 7.92. The fraction of sp³-hybridized carbons (Fsp3) is 0.455. The van der Waals surface area contributed by atoms with Crippen LogP contribution in [0.2, 0.25) is 0 Å². The van der Waals surface area contributed by atoms with Crippen molar-refractivity contribution in [2.24, 2.45) is 0 Å². The molecule has 0 spiro atoms. The molecule has 0 aromatic heterocycles. The monoisotopic (exact) mass is 322 g/mol. The molecular weight excluding hydrogens is 308 g/mol. The van der Waals surface area contributed by atoms with Crippen molar-refractivity contribution >= 4 is 25.8 Å². The third-order valence-corrected chi connectivity index (χ3v) is 3.74. The molecule has 0 heterocycles. The summed E-state index contributed by atoms with van der Waals surface area (Å²) in [5, 5.41) is 0. The van der Waals surface area contributed by atoms with E-state index in [1.807, 2.05) is 6.07 Å². The molecule has 0 radical (unpaired) electrons. The lowest BCUT2D eigenvalue weighted by molar-refractivity contribution is 0.314. The number of hydrogen-bond acceptors (Lipinski definition) is 4. The molecule has 0 amide bonds. The molecule has 0 unspecified atom stereocenters. The predicted molar refractivity (Wildman–Crippen MR) is 70.5 cm³/mol. The molecule has 0 aliphatic heterocycles. The maximum Gasteiger partial charge on any atom is 0.147 e. The third kappa shape index (κ3) is 5.41. The van der Waals surface area contributed by atoms with Gasteiger partial charge in [0.25, 0.3) is 0 Å². The van der Waals surface area contributed by atoms with Gasteiger partial charge < -0.3 is 9.47 Å². The summed E-state index contributed by atoms with van der Waals surface area (Å²) >= 11 is 3.34. The van der Waals surface area contributed by atoms with Crippen LogP contribution in [0.15, 0.2) is 22.7 Å². The van der Waals surface area contributed by atoms with Gasteiger partial charge in [-0.05, 0) is 34.5 Å². The highest BCUT2D eigenvalue weighted by atomic mass is 79.9. The van der Waals surface area contributed by atoms with Gasteiger partial charge in [0.15, 0.2) is 0 Å². The number of rotatable bonds is 6. The van der Waals surface area contributed by atoms with Gasteiger partial charge in [-0.2, -0.15) is 0 Å². The van der Waals surface area contributed by atoms with Crippen LogP contribution in [0.4, 0.5) is 0 Å². The normalized spacial score (nSPS) is 11.2. The van der Waals surface area contributed by atoms with Gasteiger partial charge in [0.1, 0.15) is 21.3 Å². The standard InChI is InChI=1S/C11H15BrO4S/c1-15-11-8-9(4-5-10(11)12)16-6-3-7-17(2,13)14/h4-5,8H,3,6-7H2,1-2H3. The van der Waals surface area contributed by atoms with Crippen molar-refractivity contribution in [1.29, 1.82) is 0 Å². The van der Waals surface area contributed by atoms with E-state index in [1.54, 1.807) is 19.2 Å². The first kappa shape index (κ1) is 14.3. The lowest BCUT2D eigenvalue weighted by atomic mass is 10.3. The lowest BCUT2D eigenvalue weighted by Crippen LogP contribution is -2.08. The van der Waals surface area contributed by atoms with E-state index in [0.29, 0.717) is 24.5 Å². The Hall–Kier alpha value is -0.750. The number of halogens is 1. The van der Waals surface area contributed by atoms with Gasteiger partial charge >= 0.3 is 0 Å². The Morgan fingerprint density at radius 2 is 2.06 bits per heavy atom. The Morgan fingerprint density at radius 3 is 2.65 bits per heavy atom. The topological polar surface area (TPSA) is 52.6 Å². The summed E-state index contributed by atoms with van der Waals surface area (Å²) in [6.45, 7) is 0.373. The Labute approximate surface area is 110 Å². The fourth-order valence-corrected chi connectivity index (χ4v) is 2.29. The van der Waals surface area contributed by atoms with Crippen LogP contribution in [-0.2, 0) is 9.84 Å². The molecule has 6 heteroatoms. The van der Waals surface area contributed by atoms with Gasteiger partial charge in [-0.25, -0.2) is 8.42 Å². The second-order valence-electron chi connectivity index (χ2n) is 3.63. The summed E-state index contributed by atoms with van der Waals surface area (Å²) < 4.78 is 33.2. The van der Waals surface area contributed by atoms with Crippen LogP contribution in [-0.4, -0.2) is 34.1 Å². The molecule has 1 aromatic carbocycles. The van der Waals surface area contributed by atoms with Gasteiger partial charge in [0.2, 0.25) is 0 Å². The number of hydrogen-bond donors (Lipinski definition) is 0. The number of ether oxygens (including phenoxy) is 2. The van der Waals surface area contributed by atoms with Crippen LogP contribution >= 0.6 is 15.9 Å². The maximum atomic E-state index is 10.9. The second kappa shape index (κ2) is 6.26. The molecule has 4 nitrogen and oxygen atoms in total. The molecule has 0 aliphatic carbocycles. The highest BCUT2D eigenvalue weighted by Gasteiger charge is 2.04. The van der Waals surface area contributed by atoms with Crippen LogP contribution in [0.3, 0.4) is 0 Å². The summed E-state index contributed by atoms with van der Waals surface area (Å²) in [5.74, 6) is 1.49. The molecule has 1 rings (SSSR count). The van der Waals surface area contributed by atoms with E-state index in [9.17, 15) is 8.42 Å². The molecule has 0 fully saturated rings. The molecule has 0 N–H and O–H groups in total. The summed E-state index contributed by atoms with van der Waals surface area (Å²) in [5.41, 5.74) is 0. The molecule has 96 valence electrons. The largest absolute Gasteiger partial charge is 0.495 e. The Balaban J connectivity index is 2.47. The molecule has 0 saturated heterocycles. The minimum Gasteiger partial charge on any atom is -0.495 e. The minimum atomic E-state index is -2.91. The van der Waals surface area contributed by atoms with Gasteiger partial charge in [0.05, 0.1) is 23.9 Å². The van der Waals surface area contributed by atoms with Crippen LogP contribution in [0.5, 0.6) is 11.5 Å². The first-order chi connectivity index (χ1) is 7.92. The molecule has 0 bridgehead atoms. The van der Waals surface area contributed by atoms with E-state index >= 15 is 0 Å². The number of sulfone groups is 1. The van der Waals surface area contributed by atoms with Crippen LogP contribution in [0.25, 0.3) is 0 Å². The van der Waals surface area contributed by atoms with Crippen molar-refractivity contribution in [1.82, 2.24) is 0 Å². The van der Waals surface area contributed by atoms with E-state index in [-0.39, 0.29) is 5.75 Å². The molecule has 0 aliphatic rings. The quantitative estimate of drug-likeness (QED) is 0.754. The van der Waals surface area contributed by atoms with Crippen molar-refractivity contribution < 1.29 is 17.9 Å². The Bertz CT molecular complexity index is 470. The second-order valence-corrected chi connectivity index (χ2v) is 6.74. The number of methoxy groups -OCH3 is 1. The maximum absolute atomic E-state index is 10.9. The Morgan fingerprint density at radius 1 is 1.35 bits per heavy atom. The van der Waals surface area contributed by atoms with Crippen molar-refractivity contribution in [2.45, 2.75) is 6.42 Å². The molecule has 17 heavy (non-hydrogen) atoms. The van der Waals surface area contributed by atoms with E-state index in [2.05, 4.69) is 15.9 Å². The average molecular weight is 323 g/mol. The van der Waals surface area contributed by atoms with Crippen LogP contribution in [0.1, 0.15) is 6.42 Å². The van der Waals surface area contributed by atoms with E-state index < -0.39 is 9.84 Å². The van der Waals surface area contributed by atoms with Gasteiger partial charge in [-0.1, -0.05) is 0 Å². The van der Waals surface area contributed by atoms with E-state index in [1.165, 1.54) is 6.26 Å². The van der Waals surface area contributed by atoms with Crippen molar-refractivity contribution in [2.75, 3.05) is 25.7 Å². The van der Waals surface area contributed by atoms with Crippen molar-refractivity contribution in [3.63, 3.8) is 0 Å². The molecule has 0 saturated carbocycles. The zero-order valence-electron chi connectivity index (χ0n) is 9.77. The van der Waals surface area contributed by atoms with Gasteiger partial charge in [-0.3, -0.25) is 0 Å². The molecule has 1 aromatic rings. The average Bonchev–Trinajstić information content (AvgIpc) is 2.25.